The van der Waals surface area contributed by atoms with Gasteiger partial charge in [-0.2, -0.15) is 5.26 Å². The summed E-state index contributed by atoms with van der Waals surface area (Å²) in [6.45, 7) is 6.83. The molecule has 1 aliphatic heterocycles. The maximum absolute atomic E-state index is 13.1. The Morgan fingerprint density at radius 1 is 1.14 bits per heavy atom. The number of hydrogen-bond donors (Lipinski definition) is 0. The normalized spacial score (nSPS) is 16.5. The highest BCUT2D eigenvalue weighted by atomic mass is 32.1. The molecule has 146 valence electrons. The SMILES string of the molecule is CC(C)C(C#N)N1CCN(C(=O)/C=C/c2ccc(-c3ccc(F)cc3)s2)CC1. The Bertz CT molecular complexity index is 874. The van der Waals surface area contributed by atoms with E-state index >= 15 is 0 Å². The van der Waals surface area contributed by atoms with E-state index < -0.39 is 0 Å². The van der Waals surface area contributed by atoms with E-state index in [0.29, 0.717) is 13.1 Å². The van der Waals surface area contributed by atoms with Gasteiger partial charge in [0.05, 0.1) is 6.07 Å². The molecule has 3 rings (SSSR count). The smallest absolute Gasteiger partial charge is 0.246 e. The van der Waals surface area contributed by atoms with Gasteiger partial charge in [0, 0.05) is 42.0 Å². The number of thiophene rings is 1. The summed E-state index contributed by atoms with van der Waals surface area (Å²) in [4.78, 5) is 18.5. The number of carbonyl (C=O) groups excluding carboxylic acids is 1. The molecule has 2 heterocycles. The summed E-state index contributed by atoms with van der Waals surface area (Å²) in [5.41, 5.74) is 0.964. The lowest BCUT2D eigenvalue weighted by atomic mass is 10.0. The summed E-state index contributed by atoms with van der Waals surface area (Å²) >= 11 is 1.57. The molecule has 1 atom stereocenters. The van der Waals surface area contributed by atoms with E-state index in [0.717, 1.165) is 28.4 Å². The fourth-order valence-electron chi connectivity index (χ4n) is 3.34. The molecule has 1 aromatic heterocycles. The Morgan fingerprint density at radius 3 is 2.43 bits per heavy atom. The highest BCUT2D eigenvalue weighted by Gasteiger charge is 2.26. The number of benzene rings is 1. The summed E-state index contributed by atoms with van der Waals surface area (Å²) in [6.07, 6.45) is 3.44. The average molecular weight is 398 g/mol. The fraction of sp³-hybridized carbons (Fsp3) is 0.364. The van der Waals surface area contributed by atoms with E-state index in [4.69, 9.17) is 0 Å². The van der Waals surface area contributed by atoms with E-state index in [1.54, 1.807) is 29.5 Å². The van der Waals surface area contributed by atoms with E-state index in [-0.39, 0.29) is 23.7 Å². The second kappa shape index (κ2) is 9.13. The first-order chi connectivity index (χ1) is 13.5. The van der Waals surface area contributed by atoms with Gasteiger partial charge in [-0.05, 0) is 41.8 Å². The van der Waals surface area contributed by atoms with Crippen molar-refractivity contribution in [2.24, 2.45) is 5.92 Å². The zero-order chi connectivity index (χ0) is 20.1. The van der Waals surface area contributed by atoms with Crippen LogP contribution in [-0.2, 0) is 4.79 Å². The van der Waals surface area contributed by atoms with Gasteiger partial charge in [0.2, 0.25) is 5.91 Å². The lowest BCUT2D eigenvalue weighted by molar-refractivity contribution is -0.127. The summed E-state index contributed by atoms with van der Waals surface area (Å²) < 4.78 is 13.1. The fourth-order valence-corrected chi connectivity index (χ4v) is 4.26. The van der Waals surface area contributed by atoms with Gasteiger partial charge in [0.1, 0.15) is 11.9 Å². The number of rotatable bonds is 5. The van der Waals surface area contributed by atoms with Crippen LogP contribution < -0.4 is 0 Å². The van der Waals surface area contributed by atoms with Gasteiger partial charge in [-0.15, -0.1) is 11.3 Å². The minimum Gasteiger partial charge on any atom is -0.337 e. The van der Waals surface area contributed by atoms with Crippen LogP contribution in [0.4, 0.5) is 4.39 Å². The van der Waals surface area contributed by atoms with E-state index in [2.05, 4.69) is 24.8 Å². The summed E-state index contributed by atoms with van der Waals surface area (Å²) in [6, 6.07) is 12.6. The van der Waals surface area contributed by atoms with Crippen molar-refractivity contribution in [1.82, 2.24) is 9.80 Å². The second-order valence-corrected chi connectivity index (χ2v) is 8.34. The molecule has 4 nitrogen and oxygen atoms in total. The average Bonchev–Trinajstić information content (AvgIpc) is 3.16. The van der Waals surface area contributed by atoms with Crippen molar-refractivity contribution in [2.75, 3.05) is 26.2 Å². The molecular formula is C22H24FN3OS. The maximum Gasteiger partial charge on any atom is 0.246 e. The largest absolute Gasteiger partial charge is 0.337 e. The molecule has 1 fully saturated rings. The molecule has 2 aromatic rings. The van der Waals surface area contributed by atoms with Crippen LogP contribution in [-0.4, -0.2) is 47.9 Å². The van der Waals surface area contributed by atoms with Crippen molar-refractivity contribution in [3.63, 3.8) is 0 Å². The van der Waals surface area contributed by atoms with Gasteiger partial charge >= 0.3 is 0 Å². The number of halogens is 1. The van der Waals surface area contributed by atoms with Crippen molar-refractivity contribution in [3.8, 4) is 16.5 Å². The van der Waals surface area contributed by atoms with E-state index in [1.807, 2.05) is 23.1 Å². The highest BCUT2D eigenvalue weighted by molar-refractivity contribution is 7.16. The molecule has 28 heavy (non-hydrogen) atoms. The van der Waals surface area contributed by atoms with Crippen LogP contribution in [0.1, 0.15) is 18.7 Å². The molecule has 0 aliphatic carbocycles. The molecule has 0 saturated carbocycles. The first-order valence-corrected chi connectivity index (χ1v) is 10.3. The molecule has 0 spiro atoms. The van der Waals surface area contributed by atoms with Crippen molar-refractivity contribution < 1.29 is 9.18 Å². The monoisotopic (exact) mass is 397 g/mol. The van der Waals surface area contributed by atoms with Crippen molar-refractivity contribution in [1.29, 1.82) is 5.26 Å². The van der Waals surface area contributed by atoms with Gasteiger partial charge in [-0.3, -0.25) is 9.69 Å². The standard InChI is InChI=1S/C22H24FN3OS/c1-16(2)20(15-24)25-11-13-26(14-12-25)22(27)10-8-19-7-9-21(28-19)17-3-5-18(23)6-4-17/h3-10,16,20H,11-14H2,1-2H3/b10-8+. The number of nitriles is 1. The van der Waals surface area contributed by atoms with Crippen LogP contribution in [0.15, 0.2) is 42.5 Å². The van der Waals surface area contributed by atoms with Crippen LogP contribution in [0.25, 0.3) is 16.5 Å². The topological polar surface area (TPSA) is 47.3 Å². The Morgan fingerprint density at radius 2 is 1.82 bits per heavy atom. The third kappa shape index (κ3) is 4.86. The zero-order valence-electron chi connectivity index (χ0n) is 16.1. The van der Waals surface area contributed by atoms with Crippen molar-refractivity contribution in [2.45, 2.75) is 19.9 Å². The van der Waals surface area contributed by atoms with Crippen molar-refractivity contribution >= 4 is 23.3 Å². The summed E-state index contributed by atoms with van der Waals surface area (Å²) in [7, 11) is 0. The molecule has 6 heteroatoms. The van der Waals surface area contributed by atoms with Gasteiger partial charge in [0.15, 0.2) is 0 Å². The number of nitrogens with zero attached hydrogens (tertiary/aromatic N) is 3. The number of carbonyl (C=O) groups is 1. The first kappa shape index (κ1) is 20.2. The molecule has 1 aromatic carbocycles. The lowest BCUT2D eigenvalue weighted by Crippen LogP contribution is -2.52. The molecule has 0 bridgehead atoms. The highest BCUT2D eigenvalue weighted by Crippen LogP contribution is 2.29. The molecule has 0 radical (unpaired) electrons. The maximum atomic E-state index is 13.1. The van der Waals surface area contributed by atoms with Crippen LogP contribution in [0.3, 0.4) is 0 Å². The molecule has 1 aliphatic rings. The lowest BCUT2D eigenvalue weighted by Gasteiger charge is -2.37. The summed E-state index contributed by atoms with van der Waals surface area (Å²) in [5.74, 6) is 0.0244. The third-order valence-corrected chi connectivity index (χ3v) is 6.03. The van der Waals surface area contributed by atoms with Crippen LogP contribution >= 0.6 is 11.3 Å². The number of hydrogen-bond acceptors (Lipinski definition) is 4. The molecular weight excluding hydrogens is 373 g/mol. The van der Waals surface area contributed by atoms with Gasteiger partial charge in [-0.1, -0.05) is 26.0 Å². The predicted octanol–water partition coefficient (Wildman–Crippen LogP) is 4.26. The van der Waals surface area contributed by atoms with Gasteiger partial charge in [-0.25, -0.2) is 4.39 Å². The van der Waals surface area contributed by atoms with E-state index in [1.165, 1.54) is 12.1 Å². The van der Waals surface area contributed by atoms with Gasteiger partial charge < -0.3 is 4.90 Å². The molecule has 1 saturated heterocycles. The Balaban J connectivity index is 1.56. The van der Waals surface area contributed by atoms with E-state index in [9.17, 15) is 14.4 Å². The van der Waals surface area contributed by atoms with Crippen LogP contribution in [0.2, 0.25) is 0 Å². The Labute approximate surface area is 169 Å². The zero-order valence-corrected chi connectivity index (χ0v) is 17.0. The molecule has 1 amide bonds. The number of amides is 1. The van der Waals surface area contributed by atoms with Crippen LogP contribution in [0, 0.1) is 23.1 Å². The van der Waals surface area contributed by atoms with Crippen molar-refractivity contribution in [3.05, 3.63) is 53.2 Å². The van der Waals surface area contributed by atoms with Crippen LogP contribution in [0.5, 0.6) is 0 Å². The number of piperazine rings is 1. The predicted molar refractivity (Wildman–Crippen MR) is 111 cm³/mol. The Kier molecular flexibility index (Phi) is 6.61. The Hall–Kier alpha value is -2.49. The van der Waals surface area contributed by atoms with Gasteiger partial charge in [0.25, 0.3) is 0 Å². The quantitative estimate of drug-likeness (QED) is 0.709. The minimum atomic E-state index is -0.249. The molecule has 1 unspecified atom stereocenters. The molecule has 0 N–H and O–H groups in total. The first-order valence-electron chi connectivity index (χ1n) is 9.44. The second-order valence-electron chi connectivity index (χ2n) is 7.22. The summed E-state index contributed by atoms with van der Waals surface area (Å²) in [5, 5.41) is 9.33. The third-order valence-electron chi connectivity index (χ3n) is 4.93. The minimum absolute atomic E-state index is 0.00515.